The Morgan fingerprint density at radius 1 is 0.822 bits per heavy atom. The molecule has 9 heteroatoms. The molecule has 3 amide bonds. The second-order valence-electron chi connectivity index (χ2n) is 13.6. The molecule has 4 atom stereocenters. The summed E-state index contributed by atoms with van der Waals surface area (Å²) in [6.07, 6.45) is 0.660. The van der Waals surface area contributed by atoms with Crippen LogP contribution in [0.2, 0.25) is 0 Å². The van der Waals surface area contributed by atoms with Gasteiger partial charge in [0.25, 0.3) is 0 Å². The minimum absolute atomic E-state index is 0.208. The van der Waals surface area contributed by atoms with Crippen molar-refractivity contribution in [1.29, 1.82) is 0 Å². The molecule has 45 heavy (non-hydrogen) atoms. The lowest BCUT2D eigenvalue weighted by molar-refractivity contribution is -0.159. The third kappa shape index (κ3) is 12.2. The highest BCUT2D eigenvalue weighted by molar-refractivity contribution is 5.94. The number of alkyl carbamates (subject to hydrolysis) is 1. The lowest BCUT2D eigenvalue weighted by Crippen LogP contribution is -2.56. The van der Waals surface area contributed by atoms with E-state index in [-0.39, 0.29) is 18.9 Å². The minimum Gasteiger partial charge on any atom is -0.458 e. The topological polar surface area (TPSA) is 114 Å². The fourth-order valence-electron chi connectivity index (χ4n) is 4.79. The number of rotatable bonds is 13. The van der Waals surface area contributed by atoms with Crippen LogP contribution in [0.25, 0.3) is 0 Å². The van der Waals surface area contributed by atoms with Crippen LogP contribution in [0, 0.1) is 12.8 Å². The molecule has 0 aliphatic carbocycles. The van der Waals surface area contributed by atoms with Gasteiger partial charge in [-0.05, 0) is 71.9 Å². The van der Waals surface area contributed by atoms with Crippen molar-refractivity contribution in [1.82, 2.24) is 15.5 Å². The van der Waals surface area contributed by atoms with Gasteiger partial charge in [0.1, 0.15) is 29.3 Å². The molecule has 0 saturated carbocycles. The molecule has 2 rings (SSSR count). The number of nitrogens with zero attached hydrogens (tertiary/aromatic N) is 1. The molecule has 2 aromatic rings. The maximum Gasteiger partial charge on any atom is 0.408 e. The summed E-state index contributed by atoms with van der Waals surface area (Å²) >= 11 is 0. The van der Waals surface area contributed by atoms with Gasteiger partial charge in [-0.3, -0.25) is 9.59 Å². The highest BCUT2D eigenvalue weighted by atomic mass is 16.6. The Morgan fingerprint density at radius 3 is 1.91 bits per heavy atom. The van der Waals surface area contributed by atoms with Gasteiger partial charge in [0.05, 0.1) is 0 Å². The predicted octanol–water partition coefficient (Wildman–Crippen LogP) is 6.28. The summed E-state index contributed by atoms with van der Waals surface area (Å²) in [5, 5.41) is 5.71. The lowest BCUT2D eigenvalue weighted by atomic mass is 9.95. The number of benzene rings is 2. The first-order valence-electron chi connectivity index (χ1n) is 15.9. The van der Waals surface area contributed by atoms with Gasteiger partial charge >= 0.3 is 12.1 Å². The molecule has 0 fully saturated rings. The van der Waals surface area contributed by atoms with Crippen LogP contribution in [0.15, 0.2) is 54.6 Å². The molecule has 0 heterocycles. The normalized spacial score (nSPS) is 14.4. The van der Waals surface area contributed by atoms with Crippen molar-refractivity contribution < 1.29 is 28.7 Å². The Bertz CT molecular complexity index is 1260. The average molecular weight is 624 g/mol. The SMILES string of the molecule is CCCN(C(=O)C(NC(=O)OC(C)(C)C)C(C)CC)C(C(=O)NC(Cc1ccccc1)C(=O)OC(C)(C)C)c1ccc(C)cc1. The van der Waals surface area contributed by atoms with Gasteiger partial charge in [0.15, 0.2) is 0 Å². The first-order chi connectivity index (χ1) is 21.0. The lowest BCUT2D eigenvalue weighted by Gasteiger charge is -2.36. The fraction of sp³-hybridized carbons (Fsp3) is 0.556. The Kier molecular flexibility index (Phi) is 13.6. The van der Waals surface area contributed by atoms with Crippen LogP contribution < -0.4 is 10.6 Å². The van der Waals surface area contributed by atoms with Crippen molar-refractivity contribution in [2.75, 3.05) is 6.54 Å². The van der Waals surface area contributed by atoms with E-state index < -0.39 is 53.2 Å². The van der Waals surface area contributed by atoms with E-state index in [0.717, 1.165) is 11.1 Å². The maximum atomic E-state index is 14.4. The van der Waals surface area contributed by atoms with Crippen LogP contribution in [0.5, 0.6) is 0 Å². The highest BCUT2D eigenvalue weighted by Crippen LogP contribution is 2.26. The number of carbonyl (C=O) groups excluding carboxylic acids is 4. The van der Waals surface area contributed by atoms with Crippen molar-refractivity contribution in [3.05, 3.63) is 71.3 Å². The molecule has 4 unspecified atom stereocenters. The maximum absolute atomic E-state index is 14.4. The number of carbonyl (C=O) groups is 4. The van der Waals surface area contributed by atoms with Crippen LogP contribution in [-0.2, 0) is 30.3 Å². The Balaban J connectivity index is 2.58. The van der Waals surface area contributed by atoms with Crippen molar-refractivity contribution in [3.63, 3.8) is 0 Å². The second-order valence-corrected chi connectivity index (χ2v) is 13.6. The number of hydrogen-bond donors (Lipinski definition) is 2. The van der Waals surface area contributed by atoms with E-state index in [9.17, 15) is 19.2 Å². The molecular weight excluding hydrogens is 570 g/mol. The number of nitrogens with one attached hydrogen (secondary N) is 2. The number of aryl methyl sites for hydroxylation is 1. The van der Waals surface area contributed by atoms with E-state index in [1.165, 1.54) is 4.90 Å². The van der Waals surface area contributed by atoms with Crippen LogP contribution in [0.1, 0.15) is 97.9 Å². The summed E-state index contributed by atoms with van der Waals surface area (Å²) in [6, 6.07) is 13.7. The van der Waals surface area contributed by atoms with E-state index in [1.807, 2.05) is 82.3 Å². The van der Waals surface area contributed by atoms with Crippen LogP contribution in [0.4, 0.5) is 4.79 Å². The van der Waals surface area contributed by atoms with E-state index in [1.54, 1.807) is 41.5 Å². The Labute approximate surface area is 269 Å². The zero-order valence-corrected chi connectivity index (χ0v) is 28.7. The summed E-state index contributed by atoms with van der Waals surface area (Å²) in [7, 11) is 0. The molecule has 9 nitrogen and oxygen atoms in total. The van der Waals surface area contributed by atoms with Gasteiger partial charge in [0, 0.05) is 13.0 Å². The number of hydrogen-bond acceptors (Lipinski definition) is 6. The third-order valence-electron chi connectivity index (χ3n) is 7.14. The molecule has 0 aromatic heterocycles. The minimum atomic E-state index is -1.08. The van der Waals surface area contributed by atoms with Gasteiger partial charge in [-0.1, -0.05) is 87.4 Å². The molecule has 0 saturated heterocycles. The summed E-state index contributed by atoms with van der Waals surface area (Å²) < 4.78 is 11.2. The van der Waals surface area contributed by atoms with Crippen LogP contribution in [0.3, 0.4) is 0 Å². The zero-order chi connectivity index (χ0) is 33.9. The van der Waals surface area contributed by atoms with E-state index >= 15 is 0 Å². The summed E-state index contributed by atoms with van der Waals surface area (Å²) in [5.74, 6) is -1.75. The van der Waals surface area contributed by atoms with Gasteiger partial charge in [-0.2, -0.15) is 0 Å². The van der Waals surface area contributed by atoms with Gasteiger partial charge in [0.2, 0.25) is 11.8 Å². The van der Waals surface area contributed by atoms with Gasteiger partial charge < -0.3 is 25.0 Å². The quantitative estimate of drug-likeness (QED) is 0.254. The monoisotopic (exact) mass is 623 g/mol. The Hall–Kier alpha value is -3.88. The number of esters is 1. The van der Waals surface area contributed by atoms with E-state index in [4.69, 9.17) is 9.47 Å². The first-order valence-corrected chi connectivity index (χ1v) is 15.9. The molecule has 248 valence electrons. The van der Waals surface area contributed by atoms with Gasteiger partial charge in [-0.25, -0.2) is 9.59 Å². The van der Waals surface area contributed by atoms with E-state index in [2.05, 4.69) is 10.6 Å². The second kappa shape index (κ2) is 16.4. The summed E-state index contributed by atoms with van der Waals surface area (Å²) in [4.78, 5) is 56.6. The molecule has 0 aliphatic heterocycles. The molecule has 0 bridgehead atoms. The molecule has 0 aliphatic rings. The zero-order valence-electron chi connectivity index (χ0n) is 28.7. The fourth-order valence-corrected chi connectivity index (χ4v) is 4.79. The predicted molar refractivity (Wildman–Crippen MR) is 176 cm³/mol. The van der Waals surface area contributed by atoms with Crippen molar-refractivity contribution in [3.8, 4) is 0 Å². The molecule has 0 radical (unpaired) electrons. The van der Waals surface area contributed by atoms with E-state index in [0.29, 0.717) is 18.4 Å². The Morgan fingerprint density at radius 2 is 1.40 bits per heavy atom. The molecule has 2 N–H and O–H groups in total. The van der Waals surface area contributed by atoms with Crippen molar-refractivity contribution in [2.24, 2.45) is 5.92 Å². The summed E-state index contributed by atoms with van der Waals surface area (Å²) in [5.41, 5.74) is 0.902. The number of amides is 3. The first kappa shape index (κ1) is 37.3. The molecule has 2 aromatic carbocycles. The van der Waals surface area contributed by atoms with Crippen molar-refractivity contribution >= 4 is 23.9 Å². The smallest absolute Gasteiger partial charge is 0.408 e. The third-order valence-corrected chi connectivity index (χ3v) is 7.14. The number of ether oxygens (including phenoxy) is 2. The summed E-state index contributed by atoms with van der Waals surface area (Å²) in [6.45, 7) is 18.5. The van der Waals surface area contributed by atoms with Crippen molar-refractivity contribution in [2.45, 2.75) is 118 Å². The standard InChI is InChI=1S/C36H53N3O6/c1-11-22-39(32(41)29(25(4)12-2)38-34(43)45-36(8,9)10)30(27-20-18-24(3)19-21-27)31(40)37-28(33(42)44-35(5,6)7)23-26-16-14-13-15-17-26/h13-21,25,28-30H,11-12,22-23H2,1-10H3,(H,37,40)(H,38,43). The average Bonchev–Trinajstić information content (AvgIpc) is 2.94. The van der Waals surface area contributed by atoms with Crippen LogP contribution >= 0.6 is 0 Å². The van der Waals surface area contributed by atoms with Gasteiger partial charge in [-0.15, -0.1) is 0 Å². The molecule has 0 spiro atoms. The van der Waals surface area contributed by atoms with Crippen LogP contribution in [-0.4, -0.2) is 58.6 Å². The molecular formula is C36H53N3O6. The highest BCUT2D eigenvalue weighted by Gasteiger charge is 2.39. The largest absolute Gasteiger partial charge is 0.458 e.